The Kier molecular flexibility index (Phi) is 5.03. The van der Waals surface area contributed by atoms with Gasteiger partial charge in [0.2, 0.25) is 10.0 Å². The molecule has 0 bridgehead atoms. The van der Waals surface area contributed by atoms with Crippen LogP contribution in [0.4, 0.5) is 8.78 Å². The van der Waals surface area contributed by atoms with E-state index in [1.165, 1.54) is 4.31 Å². The molecule has 2 heterocycles. The van der Waals surface area contributed by atoms with E-state index in [1.54, 1.807) is 0 Å². The number of hydrogen-bond donors (Lipinski definition) is 0. The molecule has 2 atom stereocenters. The van der Waals surface area contributed by atoms with Gasteiger partial charge >= 0.3 is 0 Å². The summed E-state index contributed by atoms with van der Waals surface area (Å²) in [7, 11) is -3.81. The zero-order valence-corrected chi connectivity index (χ0v) is 14.3. The minimum atomic E-state index is -3.81. The molecule has 0 radical (unpaired) electrons. The molecule has 2 aliphatic rings. The first kappa shape index (κ1) is 17.5. The summed E-state index contributed by atoms with van der Waals surface area (Å²) in [6.07, 6.45) is 5.02. The number of likely N-dealkylation sites (tertiary alicyclic amines) is 1. The van der Waals surface area contributed by atoms with Gasteiger partial charge in [-0.25, -0.2) is 17.2 Å². The van der Waals surface area contributed by atoms with E-state index in [9.17, 15) is 17.2 Å². The van der Waals surface area contributed by atoms with Gasteiger partial charge in [0.25, 0.3) is 0 Å². The molecule has 2 fully saturated rings. The first-order valence-electron chi connectivity index (χ1n) is 8.23. The van der Waals surface area contributed by atoms with Crippen molar-refractivity contribution in [3.8, 4) is 0 Å². The Labute approximate surface area is 141 Å². The highest BCUT2D eigenvalue weighted by atomic mass is 32.2. The molecule has 0 aromatic heterocycles. The van der Waals surface area contributed by atoms with E-state index in [-0.39, 0.29) is 16.9 Å². The van der Waals surface area contributed by atoms with Crippen molar-refractivity contribution < 1.29 is 17.2 Å². The van der Waals surface area contributed by atoms with Crippen LogP contribution in [0.2, 0.25) is 0 Å². The predicted octanol–water partition coefficient (Wildman–Crippen LogP) is 2.63. The molecule has 2 saturated heterocycles. The molecule has 0 spiro atoms. The largest absolute Gasteiger partial charge is 0.295 e. The van der Waals surface area contributed by atoms with E-state index in [0.717, 1.165) is 50.6 Å². The number of nitrogens with zero attached hydrogens (tertiary/aromatic N) is 2. The first-order valence-corrected chi connectivity index (χ1v) is 9.67. The Hall–Kier alpha value is -1.31. The average molecular weight is 356 g/mol. The van der Waals surface area contributed by atoms with E-state index in [2.05, 4.69) is 11.5 Å². The van der Waals surface area contributed by atoms with Crippen LogP contribution in [0.3, 0.4) is 0 Å². The van der Waals surface area contributed by atoms with Crippen molar-refractivity contribution in [2.75, 3.05) is 26.2 Å². The molecule has 0 N–H and O–H groups in total. The maximum atomic E-state index is 13.4. The minimum Gasteiger partial charge on any atom is -0.295 e. The Morgan fingerprint density at radius 1 is 1.21 bits per heavy atom. The fourth-order valence-electron chi connectivity index (χ4n) is 3.78. The molecule has 0 saturated carbocycles. The minimum absolute atomic E-state index is 0.158. The molecule has 1 aromatic carbocycles. The topological polar surface area (TPSA) is 40.6 Å². The quantitative estimate of drug-likeness (QED) is 0.779. The van der Waals surface area contributed by atoms with E-state index in [1.807, 2.05) is 6.08 Å². The van der Waals surface area contributed by atoms with E-state index in [0.29, 0.717) is 13.1 Å². The van der Waals surface area contributed by atoms with E-state index in [4.69, 9.17) is 0 Å². The molecule has 3 rings (SSSR count). The third kappa shape index (κ3) is 3.25. The molecule has 24 heavy (non-hydrogen) atoms. The molecular formula is C17H22F2N2O2S. The number of halogens is 2. The van der Waals surface area contributed by atoms with Gasteiger partial charge in [-0.2, -0.15) is 4.31 Å². The van der Waals surface area contributed by atoms with Gasteiger partial charge < -0.3 is 0 Å². The highest BCUT2D eigenvalue weighted by Gasteiger charge is 2.42. The smallest absolute Gasteiger partial charge is 0.243 e. The van der Waals surface area contributed by atoms with Gasteiger partial charge in [0.05, 0.1) is 4.90 Å². The summed E-state index contributed by atoms with van der Waals surface area (Å²) in [6.45, 7) is 6.27. The third-order valence-corrected chi connectivity index (χ3v) is 6.83. The molecule has 0 amide bonds. The van der Waals surface area contributed by atoms with Crippen LogP contribution in [0.25, 0.3) is 0 Å². The summed E-state index contributed by atoms with van der Waals surface area (Å²) in [5.74, 6) is -1.91. The maximum Gasteiger partial charge on any atom is 0.243 e. The Morgan fingerprint density at radius 2 is 2.00 bits per heavy atom. The van der Waals surface area contributed by atoms with Gasteiger partial charge in [-0.05, 0) is 43.5 Å². The zero-order valence-electron chi connectivity index (χ0n) is 13.5. The lowest BCUT2D eigenvalue weighted by Crippen LogP contribution is -2.40. The van der Waals surface area contributed by atoms with Gasteiger partial charge in [-0.15, -0.1) is 6.58 Å². The van der Waals surface area contributed by atoms with Crippen LogP contribution in [-0.2, 0) is 10.0 Å². The molecule has 132 valence electrons. The molecule has 0 aliphatic carbocycles. The predicted molar refractivity (Wildman–Crippen MR) is 88.0 cm³/mol. The van der Waals surface area contributed by atoms with Crippen molar-refractivity contribution in [3.05, 3.63) is 42.5 Å². The summed E-state index contributed by atoms with van der Waals surface area (Å²) in [4.78, 5) is 2.10. The molecule has 4 nitrogen and oxygen atoms in total. The summed E-state index contributed by atoms with van der Waals surface area (Å²) in [6, 6.07) is 2.91. The normalized spacial score (nSPS) is 26.1. The molecule has 2 aliphatic heterocycles. The van der Waals surface area contributed by atoms with Crippen molar-refractivity contribution in [2.24, 2.45) is 5.92 Å². The van der Waals surface area contributed by atoms with Crippen molar-refractivity contribution in [2.45, 2.75) is 30.2 Å². The molecular weight excluding hydrogens is 334 g/mol. The Morgan fingerprint density at radius 3 is 2.71 bits per heavy atom. The SMILES string of the molecule is C=CCN1CCCC[C@H]2CN(S(=O)(=O)c3ccc(F)c(F)c3)C[C@H]21. The fourth-order valence-corrected chi connectivity index (χ4v) is 5.30. The highest BCUT2D eigenvalue weighted by Crippen LogP contribution is 2.33. The van der Waals surface area contributed by atoms with Gasteiger partial charge in [0, 0.05) is 25.7 Å². The number of hydrogen-bond acceptors (Lipinski definition) is 3. The summed E-state index contributed by atoms with van der Waals surface area (Å²) in [5.41, 5.74) is 0. The summed E-state index contributed by atoms with van der Waals surface area (Å²) < 4.78 is 53.5. The summed E-state index contributed by atoms with van der Waals surface area (Å²) >= 11 is 0. The van der Waals surface area contributed by atoms with Gasteiger partial charge in [-0.1, -0.05) is 12.5 Å². The van der Waals surface area contributed by atoms with Gasteiger partial charge in [0.1, 0.15) is 0 Å². The lowest BCUT2D eigenvalue weighted by Gasteiger charge is -2.28. The highest BCUT2D eigenvalue weighted by molar-refractivity contribution is 7.89. The second-order valence-electron chi connectivity index (χ2n) is 6.50. The van der Waals surface area contributed by atoms with Crippen LogP contribution in [-0.4, -0.2) is 49.8 Å². The third-order valence-electron chi connectivity index (χ3n) is 5.00. The van der Waals surface area contributed by atoms with Crippen molar-refractivity contribution >= 4 is 10.0 Å². The maximum absolute atomic E-state index is 13.4. The molecule has 1 aromatic rings. The number of benzene rings is 1. The van der Waals surface area contributed by atoms with Crippen LogP contribution in [0, 0.1) is 17.6 Å². The van der Waals surface area contributed by atoms with Crippen molar-refractivity contribution in [1.82, 2.24) is 9.21 Å². The monoisotopic (exact) mass is 356 g/mol. The Bertz CT molecular complexity index is 723. The van der Waals surface area contributed by atoms with E-state index >= 15 is 0 Å². The molecule has 0 unspecified atom stereocenters. The number of fused-ring (bicyclic) bond motifs is 1. The van der Waals surface area contributed by atoms with Crippen molar-refractivity contribution in [3.63, 3.8) is 0 Å². The second kappa shape index (κ2) is 6.90. The van der Waals surface area contributed by atoms with Gasteiger partial charge in [-0.3, -0.25) is 4.90 Å². The first-order chi connectivity index (χ1) is 11.4. The van der Waals surface area contributed by atoms with Crippen molar-refractivity contribution in [1.29, 1.82) is 0 Å². The van der Waals surface area contributed by atoms with Crippen LogP contribution in [0.5, 0.6) is 0 Å². The lowest BCUT2D eigenvalue weighted by atomic mass is 9.98. The fraction of sp³-hybridized carbons (Fsp3) is 0.529. The number of rotatable bonds is 4. The summed E-state index contributed by atoms with van der Waals surface area (Å²) in [5, 5.41) is 0. The van der Waals surface area contributed by atoms with Crippen LogP contribution in [0.1, 0.15) is 19.3 Å². The van der Waals surface area contributed by atoms with E-state index < -0.39 is 21.7 Å². The molecule has 7 heteroatoms. The zero-order chi connectivity index (χ0) is 17.3. The van der Waals surface area contributed by atoms with Crippen LogP contribution < -0.4 is 0 Å². The lowest BCUT2D eigenvalue weighted by molar-refractivity contribution is 0.205. The van der Waals surface area contributed by atoms with Crippen LogP contribution in [0.15, 0.2) is 35.7 Å². The standard InChI is InChI=1S/C17H22F2N2O2S/c1-2-8-20-9-4-3-5-13-11-21(12-17(13)20)24(22,23)14-6-7-15(18)16(19)10-14/h2,6-7,10,13,17H,1,3-5,8-9,11-12H2/t13-,17+/m0/s1. The second-order valence-corrected chi connectivity index (χ2v) is 8.44. The average Bonchev–Trinajstić information content (AvgIpc) is 2.89. The van der Waals surface area contributed by atoms with Gasteiger partial charge in [0.15, 0.2) is 11.6 Å². The van der Waals surface area contributed by atoms with Crippen LogP contribution >= 0.6 is 0 Å². The Balaban J connectivity index is 1.85. The number of sulfonamides is 1.